The highest BCUT2D eigenvalue weighted by molar-refractivity contribution is 6.36. The second-order valence-corrected chi connectivity index (χ2v) is 10.8. The van der Waals surface area contributed by atoms with Crippen LogP contribution in [0.15, 0.2) is 42.5 Å². The molecule has 0 spiro atoms. The molecule has 2 aromatic carbocycles. The first-order chi connectivity index (χ1) is 20.8. The number of benzene rings is 2. The fraction of sp³-hybridized carbons (Fsp3) is 0.367. The van der Waals surface area contributed by atoms with Gasteiger partial charge in [-0.1, -0.05) is 41.9 Å². The summed E-state index contributed by atoms with van der Waals surface area (Å²) in [4.78, 5) is 42.3. The van der Waals surface area contributed by atoms with Crippen LogP contribution < -0.4 is 10.5 Å². The molecule has 0 aliphatic carbocycles. The minimum atomic E-state index is -1.29. The maximum Gasteiger partial charge on any atom is 0.337 e. The Morgan fingerprint density at radius 1 is 1.09 bits per heavy atom. The lowest BCUT2D eigenvalue weighted by Gasteiger charge is -2.28. The monoisotopic (exact) mass is 606 g/mol. The van der Waals surface area contributed by atoms with Crippen molar-refractivity contribution in [1.29, 1.82) is 5.26 Å². The summed E-state index contributed by atoms with van der Waals surface area (Å²) in [5.74, 6) is -2.45. The number of carboxylic acids is 1. The minimum absolute atomic E-state index is 0.0203. The molecule has 2 aliphatic rings. The van der Waals surface area contributed by atoms with Gasteiger partial charge >= 0.3 is 5.97 Å². The third-order valence-electron chi connectivity index (χ3n) is 7.66. The normalized spacial score (nSPS) is 17.0. The molecule has 2 aliphatic heterocycles. The van der Waals surface area contributed by atoms with E-state index < -0.39 is 11.9 Å². The number of nitriles is 1. The van der Waals surface area contributed by atoms with E-state index in [1.165, 1.54) is 18.2 Å². The molecule has 2 fully saturated rings. The zero-order valence-corrected chi connectivity index (χ0v) is 24.1. The van der Waals surface area contributed by atoms with E-state index in [0.29, 0.717) is 58.1 Å². The van der Waals surface area contributed by atoms with Crippen molar-refractivity contribution in [2.24, 2.45) is 5.73 Å². The Morgan fingerprint density at radius 2 is 1.79 bits per heavy atom. The molecule has 1 atom stereocenters. The lowest BCUT2D eigenvalue weighted by atomic mass is 10.0. The maximum absolute atomic E-state index is 13.8. The smallest absolute Gasteiger partial charge is 0.337 e. The molecule has 13 heteroatoms. The largest absolute Gasteiger partial charge is 0.478 e. The molecule has 2 saturated heterocycles. The van der Waals surface area contributed by atoms with Crippen molar-refractivity contribution in [2.75, 3.05) is 45.9 Å². The van der Waals surface area contributed by atoms with Crippen molar-refractivity contribution in [1.82, 2.24) is 19.6 Å². The topological polar surface area (TPSA) is 164 Å². The number of carboxylic acid groups (broad SMARTS) is 1. The van der Waals surface area contributed by atoms with Crippen molar-refractivity contribution in [3.05, 3.63) is 81.0 Å². The Hall–Kier alpha value is -4.28. The van der Waals surface area contributed by atoms with Crippen molar-refractivity contribution in [3.8, 4) is 11.9 Å². The van der Waals surface area contributed by atoms with Gasteiger partial charge in [0.1, 0.15) is 18.2 Å². The fourth-order valence-corrected chi connectivity index (χ4v) is 5.53. The summed E-state index contributed by atoms with van der Waals surface area (Å²) in [6.45, 7) is 4.06. The van der Waals surface area contributed by atoms with Gasteiger partial charge in [-0.3, -0.25) is 14.5 Å². The van der Waals surface area contributed by atoms with Gasteiger partial charge in [-0.25, -0.2) is 4.79 Å². The van der Waals surface area contributed by atoms with Gasteiger partial charge in [-0.05, 0) is 29.7 Å². The summed E-state index contributed by atoms with van der Waals surface area (Å²) < 4.78 is 12.4. The molecule has 3 heterocycles. The van der Waals surface area contributed by atoms with E-state index in [1.54, 1.807) is 4.90 Å². The number of nitrogens with two attached hydrogens (primary N) is 1. The van der Waals surface area contributed by atoms with Gasteiger partial charge < -0.3 is 25.2 Å². The Labute approximate surface area is 253 Å². The van der Waals surface area contributed by atoms with Crippen LogP contribution in [-0.4, -0.2) is 88.4 Å². The number of likely N-dealkylation sites (tertiary alicyclic amines) is 1. The van der Waals surface area contributed by atoms with Gasteiger partial charge in [0.15, 0.2) is 0 Å². The third-order valence-corrected chi connectivity index (χ3v) is 8.07. The highest BCUT2D eigenvalue weighted by Gasteiger charge is 2.35. The highest BCUT2D eigenvalue weighted by atomic mass is 35.5. The molecular weight excluding hydrogens is 576 g/mol. The summed E-state index contributed by atoms with van der Waals surface area (Å²) in [7, 11) is 0. The third kappa shape index (κ3) is 6.55. The standard InChI is InChI=1S/C30H31ClN6O6/c31-26-22(2-1-3-23(26)30(40)41)28(39)37-29(43-18-20-6-4-19(14-32)5-7-20)24(15-33)27(34-37)21-8-9-36(16-21)25(38)17-35-10-12-42-13-11-35/h1-7,21H,8-14,16-18,32H2,(H,40,41). The lowest BCUT2D eigenvalue weighted by molar-refractivity contribution is -0.132. The van der Waals surface area contributed by atoms with Crippen LogP contribution >= 0.6 is 11.6 Å². The summed E-state index contributed by atoms with van der Waals surface area (Å²) in [5, 5.41) is 24.0. The molecule has 0 saturated carbocycles. The summed E-state index contributed by atoms with van der Waals surface area (Å²) in [5.41, 5.74) is 7.46. The average Bonchev–Trinajstić information content (AvgIpc) is 3.65. The maximum atomic E-state index is 13.8. The molecule has 0 bridgehead atoms. The summed E-state index contributed by atoms with van der Waals surface area (Å²) >= 11 is 6.33. The Morgan fingerprint density at radius 3 is 2.47 bits per heavy atom. The van der Waals surface area contributed by atoms with Crippen LogP contribution in [0.25, 0.3) is 0 Å². The lowest BCUT2D eigenvalue weighted by Crippen LogP contribution is -2.44. The number of nitrogens with zero attached hydrogens (tertiary/aromatic N) is 5. The molecule has 3 aromatic rings. The Kier molecular flexibility index (Phi) is 9.37. The number of ether oxygens (including phenoxy) is 2. The number of aromatic carboxylic acids is 1. The van der Waals surface area contributed by atoms with Crippen molar-refractivity contribution < 1.29 is 29.0 Å². The number of halogens is 1. The number of hydrogen-bond acceptors (Lipinski definition) is 9. The van der Waals surface area contributed by atoms with Gasteiger partial charge in [0.25, 0.3) is 5.91 Å². The first-order valence-electron chi connectivity index (χ1n) is 13.9. The molecule has 224 valence electrons. The second kappa shape index (κ2) is 13.4. The van der Waals surface area contributed by atoms with Gasteiger partial charge in [0.05, 0.1) is 41.6 Å². The molecular formula is C30H31ClN6O6. The zero-order chi connectivity index (χ0) is 30.5. The van der Waals surface area contributed by atoms with Crippen molar-refractivity contribution in [2.45, 2.75) is 25.5 Å². The summed E-state index contributed by atoms with van der Waals surface area (Å²) in [6.07, 6.45) is 0.546. The number of rotatable bonds is 9. The number of carbonyl (C=O) groups is 3. The van der Waals surface area contributed by atoms with Gasteiger partial charge in [-0.2, -0.15) is 15.0 Å². The molecule has 43 heavy (non-hydrogen) atoms. The molecule has 3 N–H and O–H groups in total. The van der Waals surface area contributed by atoms with Crippen LogP contribution in [0.1, 0.15) is 55.4 Å². The predicted octanol–water partition coefficient (Wildman–Crippen LogP) is 2.48. The number of hydrogen-bond donors (Lipinski definition) is 2. The van der Waals surface area contributed by atoms with Gasteiger partial charge in [0.2, 0.25) is 11.8 Å². The second-order valence-electron chi connectivity index (χ2n) is 10.4. The van der Waals surface area contributed by atoms with E-state index >= 15 is 0 Å². The van der Waals surface area contributed by atoms with Crippen LogP contribution in [0.5, 0.6) is 5.88 Å². The molecule has 5 rings (SSSR count). The van der Waals surface area contributed by atoms with E-state index in [-0.39, 0.29) is 52.6 Å². The molecule has 0 radical (unpaired) electrons. The van der Waals surface area contributed by atoms with E-state index in [2.05, 4.69) is 11.2 Å². The van der Waals surface area contributed by atoms with E-state index in [1.807, 2.05) is 29.2 Å². The molecule has 1 amide bonds. The van der Waals surface area contributed by atoms with Crippen LogP contribution in [-0.2, 0) is 22.7 Å². The van der Waals surface area contributed by atoms with E-state index in [0.717, 1.165) is 15.8 Å². The zero-order valence-electron chi connectivity index (χ0n) is 23.4. The van der Waals surface area contributed by atoms with Crippen LogP contribution in [0.2, 0.25) is 5.02 Å². The van der Waals surface area contributed by atoms with E-state index in [9.17, 15) is 24.8 Å². The first kappa shape index (κ1) is 30.2. The SMILES string of the molecule is N#Cc1c(C2CCN(C(=O)CN3CCOCC3)C2)nn(C(=O)c2cccc(C(=O)O)c2Cl)c1OCc1ccc(CN)cc1. The van der Waals surface area contributed by atoms with Gasteiger partial charge in [-0.15, -0.1) is 0 Å². The summed E-state index contributed by atoms with van der Waals surface area (Å²) in [6, 6.07) is 13.6. The number of aromatic nitrogens is 2. The first-order valence-corrected chi connectivity index (χ1v) is 14.3. The van der Waals surface area contributed by atoms with Crippen molar-refractivity contribution >= 4 is 29.4 Å². The van der Waals surface area contributed by atoms with Gasteiger partial charge in [0, 0.05) is 38.6 Å². The van der Waals surface area contributed by atoms with Crippen LogP contribution in [0.3, 0.4) is 0 Å². The number of carbonyl (C=O) groups excluding carboxylic acids is 2. The molecule has 12 nitrogen and oxygen atoms in total. The number of morpholine rings is 1. The predicted molar refractivity (Wildman–Crippen MR) is 155 cm³/mol. The fourth-order valence-electron chi connectivity index (χ4n) is 5.24. The van der Waals surface area contributed by atoms with E-state index in [4.69, 9.17) is 26.8 Å². The van der Waals surface area contributed by atoms with Crippen LogP contribution in [0.4, 0.5) is 0 Å². The minimum Gasteiger partial charge on any atom is -0.478 e. The van der Waals surface area contributed by atoms with Crippen LogP contribution in [0, 0.1) is 11.3 Å². The highest BCUT2D eigenvalue weighted by Crippen LogP contribution is 2.35. The Balaban J connectivity index is 1.45. The van der Waals surface area contributed by atoms with Crippen molar-refractivity contribution in [3.63, 3.8) is 0 Å². The Bertz CT molecular complexity index is 1560. The molecule has 1 aromatic heterocycles. The average molecular weight is 607 g/mol. The quantitative estimate of drug-likeness (QED) is 0.370. The molecule has 1 unspecified atom stereocenters. The number of amides is 1.